The van der Waals surface area contributed by atoms with Gasteiger partial charge in [0.1, 0.15) is 18.2 Å². The lowest BCUT2D eigenvalue weighted by atomic mass is 10.0. The molecule has 2 atom stereocenters. The molecule has 4 rings (SSSR count). The van der Waals surface area contributed by atoms with Crippen molar-refractivity contribution in [1.82, 2.24) is 20.2 Å². The number of rotatable bonds is 5. The monoisotopic (exact) mass is 402 g/mol. The van der Waals surface area contributed by atoms with Crippen molar-refractivity contribution < 1.29 is 14.3 Å². The smallest absolute Gasteiger partial charge is 0.237 e. The average Bonchev–Trinajstić information content (AvgIpc) is 3.16. The molecule has 1 saturated heterocycles. The first-order valence-corrected chi connectivity index (χ1v) is 9.83. The third-order valence-corrected chi connectivity index (χ3v) is 5.50. The summed E-state index contributed by atoms with van der Waals surface area (Å²) < 4.78 is 11.3. The van der Waals surface area contributed by atoms with Crippen LogP contribution in [-0.2, 0) is 16.0 Å². The number of halogens is 1. The van der Waals surface area contributed by atoms with E-state index in [1.165, 1.54) is 6.33 Å². The van der Waals surface area contributed by atoms with Gasteiger partial charge in [-0.15, -0.1) is 0 Å². The van der Waals surface area contributed by atoms with E-state index in [1.54, 1.807) is 12.4 Å². The van der Waals surface area contributed by atoms with Crippen LogP contribution in [0.25, 0.3) is 11.1 Å². The third-order valence-electron chi connectivity index (χ3n) is 5.22. The lowest BCUT2D eigenvalue weighted by molar-refractivity contribution is -0.127. The van der Waals surface area contributed by atoms with E-state index in [2.05, 4.69) is 26.3 Å². The Labute approximate surface area is 169 Å². The van der Waals surface area contributed by atoms with Gasteiger partial charge in [-0.3, -0.25) is 9.69 Å². The summed E-state index contributed by atoms with van der Waals surface area (Å²) in [6.45, 7) is 5.28. The number of hydrogen-bond acceptors (Lipinski definition) is 6. The summed E-state index contributed by atoms with van der Waals surface area (Å²) in [4.78, 5) is 22.7. The number of benzene rings is 1. The van der Waals surface area contributed by atoms with Gasteiger partial charge in [0.15, 0.2) is 0 Å². The number of nitrogens with one attached hydrogen (secondary N) is 1. The summed E-state index contributed by atoms with van der Waals surface area (Å²) >= 11 is 6.43. The summed E-state index contributed by atoms with van der Waals surface area (Å²) in [5.41, 5.74) is 2.90. The van der Waals surface area contributed by atoms with Crippen molar-refractivity contribution in [3.63, 3.8) is 0 Å². The van der Waals surface area contributed by atoms with Crippen molar-refractivity contribution in [3.8, 4) is 16.9 Å². The maximum atomic E-state index is 12.5. The lowest BCUT2D eigenvalue weighted by Crippen LogP contribution is -2.50. The van der Waals surface area contributed by atoms with Crippen LogP contribution < -0.4 is 10.1 Å². The van der Waals surface area contributed by atoms with Crippen LogP contribution in [0.1, 0.15) is 12.5 Å². The highest BCUT2D eigenvalue weighted by Crippen LogP contribution is 2.39. The standard InChI is InChI=1S/C20H23ClN4O3/c1-13(25-2-4-27-5-3-25)20(26)24-11-17-7-15-6-14(8-18(21)19(15)28-17)16-9-22-12-23-10-16/h6,8-10,12-13,17H,2-5,7,11H2,1H3,(H,24,26). The van der Waals surface area contributed by atoms with Crippen molar-refractivity contribution in [1.29, 1.82) is 0 Å². The number of carbonyl (C=O) groups excluding carboxylic acids is 1. The minimum Gasteiger partial charge on any atom is -0.486 e. The fourth-order valence-electron chi connectivity index (χ4n) is 3.61. The molecule has 0 saturated carbocycles. The molecule has 8 heteroatoms. The molecular formula is C20H23ClN4O3. The molecule has 2 unspecified atom stereocenters. The van der Waals surface area contributed by atoms with Crippen LogP contribution >= 0.6 is 11.6 Å². The van der Waals surface area contributed by atoms with E-state index in [9.17, 15) is 4.79 Å². The Bertz CT molecular complexity index is 843. The van der Waals surface area contributed by atoms with Gasteiger partial charge in [0.05, 0.1) is 30.8 Å². The Morgan fingerprint density at radius 2 is 2.04 bits per heavy atom. The molecule has 1 N–H and O–H groups in total. The Balaban J connectivity index is 1.37. The Kier molecular flexibility index (Phi) is 5.75. The molecule has 3 heterocycles. The molecular weight excluding hydrogens is 380 g/mol. The number of hydrogen-bond donors (Lipinski definition) is 1. The Morgan fingerprint density at radius 1 is 1.29 bits per heavy atom. The largest absolute Gasteiger partial charge is 0.486 e. The summed E-state index contributed by atoms with van der Waals surface area (Å²) in [5, 5.41) is 3.57. The van der Waals surface area contributed by atoms with E-state index < -0.39 is 0 Å². The lowest BCUT2D eigenvalue weighted by Gasteiger charge is -2.31. The zero-order valence-electron chi connectivity index (χ0n) is 15.7. The average molecular weight is 403 g/mol. The second-order valence-electron chi connectivity index (χ2n) is 7.09. The molecule has 1 amide bonds. The fourth-order valence-corrected chi connectivity index (χ4v) is 3.89. The summed E-state index contributed by atoms with van der Waals surface area (Å²) in [7, 11) is 0. The zero-order valence-corrected chi connectivity index (χ0v) is 16.5. The number of carbonyl (C=O) groups is 1. The molecule has 2 aliphatic heterocycles. The van der Waals surface area contributed by atoms with Crippen molar-refractivity contribution in [2.45, 2.75) is 25.5 Å². The topological polar surface area (TPSA) is 76.6 Å². The SMILES string of the molecule is CC(C(=O)NCC1Cc2cc(-c3cncnc3)cc(Cl)c2O1)N1CCOCC1. The molecule has 7 nitrogen and oxygen atoms in total. The second kappa shape index (κ2) is 8.43. The molecule has 28 heavy (non-hydrogen) atoms. The van der Waals surface area contributed by atoms with Gasteiger partial charge in [-0.2, -0.15) is 0 Å². The van der Waals surface area contributed by atoms with E-state index in [1.807, 2.05) is 13.0 Å². The predicted octanol–water partition coefficient (Wildman–Crippen LogP) is 1.94. The third kappa shape index (κ3) is 4.11. The quantitative estimate of drug-likeness (QED) is 0.823. The van der Waals surface area contributed by atoms with E-state index in [0.717, 1.165) is 29.8 Å². The van der Waals surface area contributed by atoms with E-state index in [-0.39, 0.29) is 18.1 Å². The number of aromatic nitrogens is 2. The first-order chi connectivity index (χ1) is 13.6. The van der Waals surface area contributed by atoms with Gasteiger partial charge in [-0.1, -0.05) is 11.6 Å². The maximum Gasteiger partial charge on any atom is 0.237 e. The van der Waals surface area contributed by atoms with Gasteiger partial charge >= 0.3 is 0 Å². The first-order valence-electron chi connectivity index (χ1n) is 9.46. The van der Waals surface area contributed by atoms with Crippen LogP contribution in [0, 0.1) is 0 Å². The number of ether oxygens (including phenoxy) is 2. The highest BCUT2D eigenvalue weighted by atomic mass is 35.5. The zero-order chi connectivity index (χ0) is 19.5. The number of nitrogens with zero attached hydrogens (tertiary/aromatic N) is 3. The molecule has 0 aliphatic carbocycles. The summed E-state index contributed by atoms with van der Waals surface area (Å²) in [6, 6.07) is 3.74. The van der Waals surface area contributed by atoms with Gasteiger partial charge in [-0.25, -0.2) is 9.97 Å². The van der Waals surface area contributed by atoms with Crippen LogP contribution in [0.4, 0.5) is 0 Å². The molecule has 148 valence electrons. The van der Waals surface area contributed by atoms with Crippen LogP contribution in [0.2, 0.25) is 5.02 Å². The van der Waals surface area contributed by atoms with Crippen LogP contribution in [0.3, 0.4) is 0 Å². The highest BCUT2D eigenvalue weighted by molar-refractivity contribution is 6.32. The van der Waals surface area contributed by atoms with Gasteiger partial charge in [0.25, 0.3) is 0 Å². The van der Waals surface area contributed by atoms with Gasteiger partial charge < -0.3 is 14.8 Å². The molecule has 1 aromatic carbocycles. The molecule has 0 spiro atoms. The van der Waals surface area contributed by atoms with Crippen LogP contribution in [0.5, 0.6) is 5.75 Å². The molecule has 0 bridgehead atoms. The minimum absolute atomic E-state index is 0.00896. The van der Waals surface area contributed by atoms with Crippen LogP contribution in [0.15, 0.2) is 30.9 Å². The van der Waals surface area contributed by atoms with E-state index in [0.29, 0.717) is 37.0 Å². The van der Waals surface area contributed by atoms with Crippen molar-refractivity contribution >= 4 is 17.5 Å². The highest BCUT2D eigenvalue weighted by Gasteiger charge is 2.28. The number of fused-ring (bicyclic) bond motifs is 1. The first kappa shape index (κ1) is 19.1. The predicted molar refractivity (Wildman–Crippen MR) is 105 cm³/mol. The summed E-state index contributed by atoms with van der Waals surface area (Å²) in [5.74, 6) is 0.706. The Hall–Kier alpha value is -2.22. The normalized spacial score (nSPS) is 20.3. The summed E-state index contributed by atoms with van der Waals surface area (Å²) in [6.07, 6.45) is 5.58. The molecule has 2 aromatic rings. The minimum atomic E-state index is -0.180. The second-order valence-corrected chi connectivity index (χ2v) is 7.49. The molecule has 1 fully saturated rings. The van der Waals surface area contributed by atoms with E-state index in [4.69, 9.17) is 21.1 Å². The van der Waals surface area contributed by atoms with E-state index >= 15 is 0 Å². The molecule has 2 aliphatic rings. The van der Waals surface area contributed by atoms with Crippen molar-refractivity contribution in [3.05, 3.63) is 41.4 Å². The Morgan fingerprint density at radius 3 is 2.79 bits per heavy atom. The van der Waals surface area contributed by atoms with Gasteiger partial charge in [0, 0.05) is 43.0 Å². The maximum absolute atomic E-state index is 12.5. The molecule has 1 aromatic heterocycles. The van der Waals surface area contributed by atoms with Crippen LogP contribution in [-0.4, -0.2) is 65.8 Å². The fraction of sp³-hybridized carbons (Fsp3) is 0.450. The van der Waals surface area contributed by atoms with Crippen molar-refractivity contribution in [2.24, 2.45) is 0 Å². The van der Waals surface area contributed by atoms with Crippen molar-refractivity contribution in [2.75, 3.05) is 32.8 Å². The number of morpholine rings is 1. The number of amides is 1. The molecule has 0 radical (unpaired) electrons. The van der Waals surface area contributed by atoms with Gasteiger partial charge in [-0.05, 0) is 24.6 Å². The van der Waals surface area contributed by atoms with Gasteiger partial charge in [0.2, 0.25) is 5.91 Å².